The van der Waals surface area contributed by atoms with Crippen LogP contribution >= 0.6 is 31.9 Å². The first-order chi connectivity index (χ1) is 3.63. The number of hydrogen-bond donors (Lipinski definition) is 0. The zero-order chi connectivity index (χ0) is 6.57. The maximum absolute atomic E-state index is 3.28. The molecule has 0 N–H and O–H groups in total. The number of hydrogen-bond acceptors (Lipinski definition) is 0. The maximum atomic E-state index is 3.28. The molecule has 0 aromatic carbocycles. The van der Waals surface area contributed by atoms with Crippen LogP contribution in [0.3, 0.4) is 0 Å². The molecule has 0 rings (SSSR count). The van der Waals surface area contributed by atoms with Crippen LogP contribution in [0.1, 0.15) is 20.3 Å². The Morgan fingerprint density at radius 1 is 1.50 bits per heavy atom. The Hall–Kier alpha value is 0.700. The average Bonchev–Trinajstić information content (AvgIpc) is 1.61. The third kappa shape index (κ3) is 6.70. The van der Waals surface area contributed by atoms with Gasteiger partial charge in [-0.05, 0) is 44.2 Å². The van der Waals surface area contributed by atoms with Crippen molar-refractivity contribution in [2.75, 3.05) is 0 Å². The van der Waals surface area contributed by atoms with E-state index >= 15 is 0 Å². The highest BCUT2D eigenvalue weighted by Crippen LogP contribution is 2.15. The van der Waals surface area contributed by atoms with E-state index in [0.29, 0.717) is 0 Å². The molecule has 0 radical (unpaired) electrons. The van der Waals surface area contributed by atoms with Crippen molar-refractivity contribution < 1.29 is 0 Å². The fourth-order valence-corrected chi connectivity index (χ4v) is 0.699. The van der Waals surface area contributed by atoms with Gasteiger partial charge in [-0.25, -0.2) is 0 Å². The van der Waals surface area contributed by atoms with E-state index in [1.54, 1.807) is 0 Å². The summed E-state index contributed by atoms with van der Waals surface area (Å²) in [4.78, 5) is 0. The molecule has 0 aliphatic carbocycles. The first-order valence-electron chi connectivity index (χ1n) is 2.64. The minimum atomic E-state index is 0.750. The second-order valence-electron chi connectivity index (χ2n) is 2.12. The predicted molar refractivity (Wildman–Crippen MR) is 45.4 cm³/mol. The summed E-state index contributed by atoms with van der Waals surface area (Å²) in [5.74, 6) is 0.750. The van der Waals surface area contributed by atoms with Gasteiger partial charge < -0.3 is 0 Å². The minimum absolute atomic E-state index is 0.750. The molecule has 0 aliphatic heterocycles. The zero-order valence-electron chi connectivity index (χ0n) is 5.12. The van der Waals surface area contributed by atoms with E-state index in [2.05, 4.69) is 51.8 Å². The molecule has 48 valence electrons. The molecule has 0 bridgehead atoms. The van der Waals surface area contributed by atoms with Crippen molar-refractivity contribution in [1.29, 1.82) is 0 Å². The van der Waals surface area contributed by atoms with Gasteiger partial charge in [0, 0.05) is 0 Å². The Bertz CT molecular complexity index is 80.5. The largest absolute Gasteiger partial charge is 0.0629 e. The SMILES string of the molecule is CC(C)CC=C(Br)Br. The minimum Gasteiger partial charge on any atom is -0.0629 e. The molecule has 0 aliphatic rings. The molecule has 0 nitrogen and oxygen atoms in total. The molecule has 8 heavy (non-hydrogen) atoms. The van der Waals surface area contributed by atoms with E-state index in [1.807, 2.05) is 0 Å². The standard InChI is InChI=1S/C6H10Br2/c1-5(2)3-4-6(7)8/h4-5H,3H2,1-2H3. The van der Waals surface area contributed by atoms with Crippen molar-refractivity contribution in [1.82, 2.24) is 0 Å². The Morgan fingerprint density at radius 3 is 2.12 bits per heavy atom. The monoisotopic (exact) mass is 240 g/mol. The Morgan fingerprint density at radius 2 is 2.00 bits per heavy atom. The van der Waals surface area contributed by atoms with Crippen LogP contribution in [0.5, 0.6) is 0 Å². The van der Waals surface area contributed by atoms with Crippen molar-refractivity contribution in [2.45, 2.75) is 20.3 Å². The van der Waals surface area contributed by atoms with E-state index in [1.165, 1.54) is 0 Å². The molecule has 0 fully saturated rings. The van der Waals surface area contributed by atoms with Crippen molar-refractivity contribution in [3.63, 3.8) is 0 Å². The highest BCUT2D eigenvalue weighted by molar-refractivity contribution is 9.28. The lowest BCUT2D eigenvalue weighted by Gasteiger charge is -1.95. The van der Waals surface area contributed by atoms with Crippen molar-refractivity contribution in [3.8, 4) is 0 Å². The summed E-state index contributed by atoms with van der Waals surface area (Å²) >= 11 is 6.56. The zero-order valence-corrected chi connectivity index (χ0v) is 8.29. The van der Waals surface area contributed by atoms with Gasteiger partial charge in [-0.15, -0.1) is 0 Å². The Labute approximate surface area is 67.6 Å². The second-order valence-corrected chi connectivity index (χ2v) is 4.90. The van der Waals surface area contributed by atoms with Gasteiger partial charge >= 0.3 is 0 Å². The predicted octanol–water partition coefficient (Wildman–Crippen LogP) is 3.66. The van der Waals surface area contributed by atoms with E-state index in [9.17, 15) is 0 Å². The van der Waals surface area contributed by atoms with Crippen LogP contribution in [0, 0.1) is 5.92 Å². The van der Waals surface area contributed by atoms with Crippen LogP contribution < -0.4 is 0 Å². The lowest BCUT2D eigenvalue weighted by molar-refractivity contribution is 0.664. The van der Waals surface area contributed by atoms with Crippen LogP contribution in [0.25, 0.3) is 0 Å². The van der Waals surface area contributed by atoms with Crippen molar-refractivity contribution in [3.05, 3.63) is 9.47 Å². The molecule has 2 heteroatoms. The highest BCUT2D eigenvalue weighted by Gasteiger charge is 1.88. The van der Waals surface area contributed by atoms with Crippen molar-refractivity contribution >= 4 is 31.9 Å². The Kier molecular flexibility index (Phi) is 4.97. The topological polar surface area (TPSA) is 0 Å². The second kappa shape index (κ2) is 4.57. The van der Waals surface area contributed by atoms with Gasteiger partial charge in [0.2, 0.25) is 0 Å². The maximum Gasteiger partial charge on any atom is 0.0564 e. The lowest BCUT2D eigenvalue weighted by atomic mass is 10.1. The highest BCUT2D eigenvalue weighted by atomic mass is 79.9. The molecule has 0 heterocycles. The first-order valence-corrected chi connectivity index (χ1v) is 4.22. The first kappa shape index (κ1) is 8.70. The van der Waals surface area contributed by atoms with E-state index in [-0.39, 0.29) is 0 Å². The van der Waals surface area contributed by atoms with Gasteiger partial charge in [-0.3, -0.25) is 0 Å². The van der Waals surface area contributed by atoms with E-state index < -0.39 is 0 Å². The van der Waals surface area contributed by atoms with Crippen LogP contribution in [-0.2, 0) is 0 Å². The summed E-state index contributed by atoms with van der Waals surface area (Å²) in [7, 11) is 0. The van der Waals surface area contributed by atoms with E-state index in [0.717, 1.165) is 15.7 Å². The lowest BCUT2D eigenvalue weighted by Crippen LogP contribution is -1.80. The number of rotatable bonds is 2. The molecular weight excluding hydrogens is 232 g/mol. The van der Waals surface area contributed by atoms with Gasteiger partial charge in [0.05, 0.1) is 3.39 Å². The average molecular weight is 242 g/mol. The smallest absolute Gasteiger partial charge is 0.0564 e. The van der Waals surface area contributed by atoms with Crippen LogP contribution in [-0.4, -0.2) is 0 Å². The summed E-state index contributed by atoms with van der Waals surface area (Å²) in [5, 5.41) is 0. The molecule has 0 spiro atoms. The quantitative estimate of drug-likeness (QED) is 0.692. The van der Waals surface area contributed by atoms with Gasteiger partial charge in [-0.2, -0.15) is 0 Å². The molecule has 0 saturated carbocycles. The normalized spacial score (nSPS) is 9.62. The van der Waals surface area contributed by atoms with Gasteiger partial charge in [0.15, 0.2) is 0 Å². The molecule has 0 aromatic rings. The third-order valence-corrected chi connectivity index (χ3v) is 1.39. The van der Waals surface area contributed by atoms with Gasteiger partial charge in [0.25, 0.3) is 0 Å². The van der Waals surface area contributed by atoms with Crippen LogP contribution in [0.4, 0.5) is 0 Å². The fraction of sp³-hybridized carbons (Fsp3) is 0.667. The third-order valence-electron chi connectivity index (χ3n) is 0.744. The van der Waals surface area contributed by atoms with Crippen LogP contribution in [0.2, 0.25) is 0 Å². The summed E-state index contributed by atoms with van der Waals surface area (Å²) in [6.45, 7) is 4.39. The van der Waals surface area contributed by atoms with Crippen molar-refractivity contribution in [2.24, 2.45) is 5.92 Å². The number of halogens is 2. The molecule has 0 saturated heterocycles. The molecule has 0 amide bonds. The fourth-order valence-electron chi connectivity index (χ4n) is 0.325. The summed E-state index contributed by atoms with van der Waals surface area (Å²) < 4.78 is 1.05. The van der Waals surface area contributed by atoms with E-state index in [4.69, 9.17) is 0 Å². The molecular formula is C6H10Br2. The van der Waals surface area contributed by atoms with Gasteiger partial charge in [-0.1, -0.05) is 19.9 Å². The molecule has 0 unspecified atom stereocenters. The van der Waals surface area contributed by atoms with Crippen LogP contribution in [0.15, 0.2) is 9.47 Å². The molecule has 0 atom stereocenters. The van der Waals surface area contributed by atoms with Gasteiger partial charge in [0.1, 0.15) is 0 Å². The summed E-state index contributed by atoms with van der Waals surface area (Å²) in [5.41, 5.74) is 0. The number of allylic oxidation sites excluding steroid dienone is 1. The molecule has 0 aromatic heterocycles. The summed E-state index contributed by atoms with van der Waals surface area (Å²) in [6, 6.07) is 0. The summed E-state index contributed by atoms with van der Waals surface area (Å²) in [6.07, 6.45) is 3.25. The Balaban J connectivity index is 3.29.